The number of nitrogens with one attached hydrogen (secondary N) is 1. The summed E-state index contributed by atoms with van der Waals surface area (Å²) in [6.07, 6.45) is 2.68. The van der Waals surface area contributed by atoms with Gasteiger partial charge in [-0.25, -0.2) is 0 Å². The molecule has 0 radical (unpaired) electrons. The Labute approximate surface area is 124 Å². The Bertz CT molecular complexity index is 499. The number of nitrogen functional groups attached to an aromatic ring is 1. The molecule has 1 aromatic carbocycles. The van der Waals surface area contributed by atoms with Crippen LogP contribution in [0, 0.1) is 5.92 Å². The van der Waals surface area contributed by atoms with Crippen molar-refractivity contribution in [1.82, 2.24) is 5.32 Å². The summed E-state index contributed by atoms with van der Waals surface area (Å²) < 4.78 is 10.5. The Morgan fingerprint density at radius 2 is 2.10 bits per heavy atom. The molecule has 1 aliphatic heterocycles. The highest BCUT2D eigenvalue weighted by molar-refractivity contribution is 6.00. The molecule has 0 spiro atoms. The van der Waals surface area contributed by atoms with Gasteiger partial charge in [0.1, 0.15) is 0 Å². The third-order valence-corrected chi connectivity index (χ3v) is 3.57. The first-order valence-electron chi connectivity index (χ1n) is 7.23. The molecule has 0 fully saturated rings. The molecule has 0 saturated heterocycles. The molecule has 1 atom stereocenters. The normalized spacial score (nSPS) is 14.0. The van der Waals surface area contributed by atoms with Gasteiger partial charge < -0.3 is 25.6 Å². The second-order valence-corrected chi connectivity index (χ2v) is 5.17. The standard InChI is InChI=1S/C15H22N2O4/c1-2-3-10(4-5-18)8-17-15(19)11-6-13-14(7-12(11)16)21-9-20-13/h6-7,10,18H,2-5,8-9,16H2,1H3,(H,17,19). The molecule has 1 unspecified atom stereocenters. The van der Waals surface area contributed by atoms with Gasteiger partial charge in [0.15, 0.2) is 11.5 Å². The number of rotatable bonds is 7. The van der Waals surface area contributed by atoms with Crippen molar-refractivity contribution in [1.29, 1.82) is 0 Å². The molecule has 4 N–H and O–H groups in total. The van der Waals surface area contributed by atoms with Crippen molar-refractivity contribution in [3.05, 3.63) is 17.7 Å². The van der Waals surface area contributed by atoms with Crippen LogP contribution in [0.2, 0.25) is 0 Å². The monoisotopic (exact) mass is 294 g/mol. The van der Waals surface area contributed by atoms with E-state index >= 15 is 0 Å². The van der Waals surface area contributed by atoms with E-state index in [2.05, 4.69) is 12.2 Å². The van der Waals surface area contributed by atoms with Crippen LogP contribution in [-0.2, 0) is 0 Å². The van der Waals surface area contributed by atoms with E-state index in [-0.39, 0.29) is 25.2 Å². The van der Waals surface area contributed by atoms with E-state index in [0.29, 0.717) is 35.7 Å². The lowest BCUT2D eigenvalue weighted by Crippen LogP contribution is -2.30. The molecule has 0 saturated carbocycles. The molecule has 21 heavy (non-hydrogen) atoms. The fourth-order valence-electron chi connectivity index (χ4n) is 2.43. The molecule has 1 heterocycles. The van der Waals surface area contributed by atoms with Crippen molar-refractivity contribution in [2.45, 2.75) is 26.2 Å². The van der Waals surface area contributed by atoms with Crippen molar-refractivity contribution in [2.24, 2.45) is 5.92 Å². The molecule has 2 rings (SSSR count). The highest BCUT2D eigenvalue weighted by Crippen LogP contribution is 2.35. The van der Waals surface area contributed by atoms with E-state index in [4.69, 9.17) is 20.3 Å². The zero-order chi connectivity index (χ0) is 15.2. The predicted octanol–water partition coefficient (Wildman–Crippen LogP) is 1.53. The van der Waals surface area contributed by atoms with Crippen LogP contribution in [0.4, 0.5) is 5.69 Å². The first kappa shape index (κ1) is 15.4. The molecule has 0 aromatic heterocycles. The molecular weight excluding hydrogens is 272 g/mol. The maximum atomic E-state index is 12.2. The van der Waals surface area contributed by atoms with Gasteiger partial charge in [-0.15, -0.1) is 0 Å². The van der Waals surface area contributed by atoms with E-state index in [1.165, 1.54) is 0 Å². The minimum atomic E-state index is -0.232. The maximum absolute atomic E-state index is 12.2. The second kappa shape index (κ2) is 7.17. The lowest BCUT2D eigenvalue weighted by molar-refractivity contribution is 0.0943. The van der Waals surface area contributed by atoms with Crippen LogP contribution >= 0.6 is 0 Å². The molecule has 1 aromatic rings. The van der Waals surface area contributed by atoms with Gasteiger partial charge in [-0.05, 0) is 24.8 Å². The van der Waals surface area contributed by atoms with Crippen molar-refractivity contribution in [3.8, 4) is 11.5 Å². The Hall–Kier alpha value is -1.95. The lowest BCUT2D eigenvalue weighted by atomic mass is 10.00. The number of hydrogen-bond acceptors (Lipinski definition) is 5. The highest BCUT2D eigenvalue weighted by atomic mass is 16.7. The molecule has 1 amide bonds. The fourth-order valence-corrected chi connectivity index (χ4v) is 2.43. The van der Waals surface area contributed by atoms with Crippen LogP contribution < -0.4 is 20.5 Å². The molecule has 0 aliphatic carbocycles. The smallest absolute Gasteiger partial charge is 0.253 e. The SMILES string of the molecule is CCCC(CCO)CNC(=O)c1cc2c(cc1N)OCO2. The number of nitrogens with two attached hydrogens (primary N) is 1. The zero-order valence-corrected chi connectivity index (χ0v) is 12.2. The summed E-state index contributed by atoms with van der Waals surface area (Å²) in [4.78, 5) is 12.2. The first-order valence-corrected chi connectivity index (χ1v) is 7.23. The first-order chi connectivity index (χ1) is 10.2. The molecule has 6 heteroatoms. The zero-order valence-electron chi connectivity index (χ0n) is 12.2. The molecular formula is C15H22N2O4. The summed E-state index contributed by atoms with van der Waals surface area (Å²) in [7, 11) is 0. The lowest BCUT2D eigenvalue weighted by Gasteiger charge is -2.16. The minimum Gasteiger partial charge on any atom is -0.454 e. The Balaban J connectivity index is 2.00. The quantitative estimate of drug-likeness (QED) is 0.663. The van der Waals surface area contributed by atoms with E-state index in [1.54, 1.807) is 12.1 Å². The Kier molecular flexibility index (Phi) is 5.27. The van der Waals surface area contributed by atoms with Gasteiger partial charge in [0, 0.05) is 24.9 Å². The van der Waals surface area contributed by atoms with Crippen LogP contribution in [0.15, 0.2) is 12.1 Å². The molecule has 116 valence electrons. The maximum Gasteiger partial charge on any atom is 0.253 e. The van der Waals surface area contributed by atoms with E-state index in [9.17, 15) is 4.79 Å². The summed E-state index contributed by atoms with van der Waals surface area (Å²) in [5.41, 5.74) is 6.64. The molecule has 0 bridgehead atoms. The van der Waals surface area contributed by atoms with Gasteiger partial charge in [-0.1, -0.05) is 13.3 Å². The van der Waals surface area contributed by atoms with Crippen molar-refractivity contribution in [3.63, 3.8) is 0 Å². The van der Waals surface area contributed by atoms with E-state index in [1.807, 2.05) is 0 Å². The topological polar surface area (TPSA) is 93.8 Å². The van der Waals surface area contributed by atoms with Gasteiger partial charge in [-0.3, -0.25) is 4.79 Å². The van der Waals surface area contributed by atoms with E-state index < -0.39 is 0 Å². The van der Waals surface area contributed by atoms with Crippen LogP contribution in [-0.4, -0.2) is 31.0 Å². The number of amides is 1. The summed E-state index contributed by atoms with van der Waals surface area (Å²) >= 11 is 0. The third-order valence-electron chi connectivity index (χ3n) is 3.57. The summed E-state index contributed by atoms with van der Waals surface area (Å²) in [5, 5.41) is 11.9. The minimum absolute atomic E-state index is 0.132. The number of aliphatic hydroxyl groups is 1. The fraction of sp³-hybridized carbons (Fsp3) is 0.533. The highest BCUT2D eigenvalue weighted by Gasteiger charge is 2.20. The number of aliphatic hydroxyl groups excluding tert-OH is 1. The number of ether oxygens (including phenoxy) is 2. The third kappa shape index (κ3) is 3.78. The van der Waals surface area contributed by atoms with Gasteiger partial charge >= 0.3 is 0 Å². The van der Waals surface area contributed by atoms with Gasteiger partial charge in [-0.2, -0.15) is 0 Å². The number of carbonyl (C=O) groups excluding carboxylic acids is 1. The number of fused-ring (bicyclic) bond motifs is 1. The number of carbonyl (C=O) groups is 1. The molecule has 6 nitrogen and oxygen atoms in total. The van der Waals surface area contributed by atoms with Crippen molar-refractivity contribution < 1.29 is 19.4 Å². The average Bonchev–Trinajstić information content (AvgIpc) is 2.91. The number of anilines is 1. The second-order valence-electron chi connectivity index (χ2n) is 5.17. The van der Waals surface area contributed by atoms with E-state index in [0.717, 1.165) is 12.8 Å². The van der Waals surface area contributed by atoms with Crippen molar-refractivity contribution in [2.75, 3.05) is 25.7 Å². The summed E-state index contributed by atoms with van der Waals surface area (Å²) in [6, 6.07) is 3.21. The van der Waals surface area contributed by atoms with Gasteiger partial charge in [0.2, 0.25) is 6.79 Å². The van der Waals surface area contributed by atoms with Gasteiger partial charge in [0.05, 0.1) is 5.56 Å². The Morgan fingerprint density at radius 3 is 2.76 bits per heavy atom. The van der Waals surface area contributed by atoms with Crippen LogP contribution in [0.3, 0.4) is 0 Å². The predicted molar refractivity (Wildman–Crippen MR) is 79.4 cm³/mol. The number of benzene rings is 1. The van der Waals surface area contributed by atoms with Crippen molar-refractivity contribution >= 4 is 11.6 Å². The largest absolute Gasteiger partial charge is 0.454 e. The Morgan fingerprint density at radius 1 is 1.38 bits per heavy atom. The van der Waals surface area contributed by atoms with Crippen LogP contribution in [0.25, 0.3) is 0 Å². The van der Waals surface area contributed by atoms with Gasteiger partial charge in [0.25, 0.3) is 5.91 Å². The number of hydrogen-bond donors (Lipinski definition) is 3. The van der Waals surface area contributed by atoms with Crippen LogP contribution in [0.1, 0.15) is 36.5 Å². The summed E-state index contributed by atoms with van der Waals surface area (Å²) in [5.74, 6) is 1.15. The molecule has 1 aliphatic rings. The summed E-state index contributed by atoms with van der Waals surface area (Å²) in [6.45, 7) is 2.89. The van der Waals surface area contributed by atoms with Crippen LogP contribution in [0.5, 0.6) is 11.5 Å². The average molecular weight is 294 g/mol.